The Labute approximate surface area is 85.5 Å². The quantitative estimate of drug-likeness (QED) is 0.698. The molecular formula is C11H19N3. The smallest absolute Gasteiger partial charge is 0.0948 e. The normalized spacial score (nSPS) is 16.1. The monoisotopic (exact) mass is 193 g/mol. The predicted octanol–water partition coefficient (Wildman–Crippen LogP) is 1.79. The van der Waals surface area contributed by atoms with Crippen LogP contribution < -0.4 is 5.32 Å². The molecule has 1 fully saturated rings. The first-order chi connectivity index (χ1) is 6.90. The lowest BCUT2D eigenvalue weighted by Crippen LogP contribution is -2.17. The first-order valence-corrected chi connectivity index (χ1v) is 5.60. The van der Waals surface area contributed by atoms with Crippen molar-refractivity contribution in [1.29, 1.82) is 0 Å². The fourth-order valence-corrected chi connectivity index (χ4v) is 1.63. The second kappa shape index (κ2) is 4.60. The minimum absolute atomic E-state index is 0.925. The van der Waals surface area contributed by atoms with Gasteiger partial charge in [0, 0.05) is 19.3 Å². The van der Waals surface area contributed by atoms with Crippen LogP contribution in [-0.2, 0) is 13.1 Å². The zero-order chi connectivity index (χ0) is 9.80. The van der Waals surface area contributed by atoms with Crippen LogP contribution in [0.3, 0.4) is 0 Å². The zero-order valence-corrected chi connectivity index (χ0v) is 8.87. The number of nitrogens with one attached hydrogen (secondary N) is 1. The standard InChI is InChI=1S/C11H19N3/c1-2-5-12-6-11-7-13-9-14(11)8-10-3-4-10/h7,9-10,12H,2-6,8H2,1H3. The molecule has 0 spiro atoms. The summed E-state index contributed by atoms with van der Waals surface area (Å²) in [4.78, 5) is 4.20. The van der Waals surface area contributed by atoms with Gasteiger partial charge < -0.3 is 9.88 Å². The molecule has 14 heavy (non-hydrogen) atoms. The lowest BCUT2D eigenvalue weighted by molar-refractivity contribution is 0.572. The molecule has 2 rings (SSSR count). The van der Waals surface area contributed by atoms with Gasteiger partial charge in [0.2, 0.25) is 0 Å². The first-order valence-electron chi connectivity index (χ1n) is 5.60. The molecule has 1 saturated carbocycles. The third-order valence-corrected chi connectivity index (χ3v) is 2.68. The average Bonchev–Trinajstić information content (AvgIpc) is 2.88. The van der Waals surface area contributed by atoms with E-state index in [2.05, 4.69) is 21.8 Å². The summed E-state index contributed by atoms with van der Waals surface area (Å²) < 4.78 is 2.29. The maximum Gasteiger partial charge on any atom is 0.0948 e. The highest BCUT2D eigenvalue weighted by atomic mass is 15.1. The Morgan fingerprint density at radius 2 is 2.43 bits per heavy atom. The maximum atomic E-state index is 4.20. The number of nitrogens with zero attached hydrogens (tertiary/aromatic N) is 2. The largest absolute Gasteiger partial charge is 0.333 e. The van der Waals surface area contributed by atoms with Gasteiger partial charge in [-0.3, -0.25) is 0 Å². The van der Waals surface area contributed by atoms with Gasteiger partial charge in [-0.2, -0.15) is 0 Å². The molecule has 1 aromatic rings. The van der Waals surface area contributed by atoms with E-state index < -0.39 is 0 Å². The highest BCUT2D eigenvalue weighted by molar-refractivity contribution is 4.98. The molecule has 0 bridgehead atoms. The first kappa shape index (κ1) is 9.71. The highest BCUT2D eigenvalue weighted by Gasteiger charge is 2.22. The summed E-state index contributed by atoms with van der Waals surface area (Å²) >= 11 is 0. The lowest BCUT2D eigenvalue weighted by atomic mass is 10.3. The van der Waals surface area contributed by atoms with Gasteiger partial charge in [-0.1, -0.05) is 6.92 Å². The average molecular weight is 193 g/mol. The lowest BCUT2D eigenvalue weighted by Gasteiger charge is -2.07. The van der Waals surface area contributed by atoms with Gasteiger partial charge in [0.15, 0.2) is 0 Å². The third kappa shape index (κ3) is 2.58. The van der Waals surface area contributed by atoms with Gasteiger partial charge in [-0.25, -0.2) is 4.98 Å². The molecule has 0 aromatic carbocycles. The Morgan fingerprint density at radius 3 is 3.14 bits per heavy atom. The van der Waals surface area contributed by atoms with Gasteiger partial charge >= 0.3 is 0 Å². The van der Waals surface area contributed by atoms with Gasteiger partial charge in [0.05, 0.1) is 12.0 Å². The minimum atomic E-state index is 0.925. The molecule has 0 amide bonds. The molecule has 78 valence electrons. The second-order valence-corrected chi connectivity index (χ2v) is 4.16. The molecule has 1 N–H and O–H groups in total. The second-order valence-electron chi connectivity index (χ2n) is 4.16. The Balaban J connectivity index is 1.84. The van der Waals surface area contributed by atoms with E-state index in [1.165, 1.54) is 31.5 Å². The van der Waals surface area contributed by atoms with Crippen LogP contribution in [0.25, 0.3) is 0 Å². The maximum absolute atomic E-state index is 4.20. The van der Waals surface area contributed by atoms with E-state index in [1.807, 2.05) is 12.5 Å². The van der Waals surface area contributed by atoms with Crippen LogP contribution in [-0.4, -0.2) is 16.1 Å². The van der Waals surface area contributed by atoms with Crippen LogP contribution in [0, 0.1) is 5.92 Å². The molecule has 0 atom stereocenters. The van der Waals surface area contributed by atoms with Crippen LogP contribution >= 0.6 is 0 Å². The van der Waals surface area contributed by atoms with Crippen molar-refractivity contribution in [2.75, 3.05) is 6.54 Å². The predicted molar refractivity (Wildman–Crippen MR) is 56.9 cm³/mol. The van der Waals surface area contributed by atoms with Gasteiger partial charge in [-0.05, 0) is 31.7 Å². The molecule has 1 heterocycles. The van der Waals surface area contributed by atoms with Crippen LogP contribution in [0.5, 0.6) is 0 Å². The molecular weight excluding hydrogens is 174 g/mol. The van der Waals surface area contributed by atoms with Crippen molar-refractivity contribution in [3.8, 4) is 0 Å². The van der Waals surface area contributed by atoms with Gasteiger partial charge in [-0.15, -0.1) is 0 Å². The van der Waals surface area contributed by atoms with Crippen molar-refractivity contribution in [2.45, 2.75) is 39.3 Å². The summed E-state index contributed by atoms with van der Waals surface area (Å²) in [5.74, 6) is 0.925. The molecule has 1 aliphatic carbocycles. The van der Waals surface area contributed by atoms with Crippen molar-refractivity contribution >= 4 is 0 Å². The summed E-state index contributed by atoms with van der Waals surface area (Å²) in [6.07, 6.45) is 7.93. The number of hydrogen-bond donors (Lipinski definition) is 1. The van der Waals surface area contributed by atoms with E-state index >= 15 is 0 Å². The zero-order valence-electron chi connectivity index (χ0n) is 8.87. The summed E-state index contributed by atoms with van der Waals surface area (Å²) in [6, 6.07) is 0. The topological polar surface area (TPSA) is 29.9 Å². The van der Waals surface area contributed by atoms with Crippen molar-refractivity contribution in [3.05, 3.63) is 18.2 Å². The minimum Gasteiger partial charge on any atom is -0.333 e. The van der Waals surface area contributed by atoms with E-state index in [-0.39, 0.29) is 0 Å². The van der Waals surface area contributed by atoms with Crippen LogP contribution in [0.4, 0.5) is 0 Å². The van der Waals surface area contributed by atoms with Crippen molar-refractivity contribution < 1.29 is 0 Å². The molecule has 0 aliphatic heterocycles. The Hall–Kier alpha value is -0.830. The van der Waals surface area contributed by atoms with E-state index in [1.54, 1.807) is 0 Å². The molecule has 1 aliphatic rings. The molecule has 0 unspecified atom stereocenters. The summed E-state index contributed by atoms with van der Waals surface area (Å²) in [5.41, 5.74) is 1.32. The molecule has 0 saturated heterocycles. The fourth-order valence-electron chi connectivity index (χ4n) is 1.63. The van der Waals surface area contributed by atoms with Crippen molar-refractivity contribution in [1.82, 2.24) is 14.9 Å². The Bertz CT molecular complexity index is 276. The van der Waals surface area contributed by atoms with Crippen LogP contribution in [0.2, 0.25) is 0 Å². The highest BCUT2D eigenvalue weighted by Crippen LogP contribution is 2.30. The third-order valence-electron chi connectivity index (χ3n) is 2.68. The number of aromatic nitrogens is 2. The summed E-state index contributed by atoms with van der Waals surface area (Å²) in [6.45, 7) is 5.41. The number of hydrogen-bond acceptors (Lipinski definition) is 2. The SMILES string of the molecule is CCCNCc1cncn1CC1CC1. The van der Waals surface area contributed by atoms with Gasteiger partial charge in [0.25, 0.3) is 0 Å². The molecule has 1 aromatic heterocycles. The summed E-state index contributed by atoms with van der Waals surface area (Å²) in [7, 11) is 0. The van der Waals surface area contributed by atoms with E-state index in [4.69, 9.17) is 0 Å². The number of rotatable bonds is 6. The summed E-state index contributed by atoms with van der Waals surface area (Å²) in [5, 5.41) is 3.41. The van der Waals surface area contributed by atoms with Crippen molar-refractivity contribution in [3.63, 3.8) is 0 Å². The van der Waals surface area contributed by atoms with Gasteiger partial charge in [0.1, 0.15) is 0 Å². The van der Waals surface area contributed by atoms with E-state index in [9.17, 15) is 0 Å². The molecule has 3 heteroatoms. The fraction of sp³-hybridized carbons (Fsp3) is 0.727. The molecule has 0 radical (unpaired) electrons. The van der Waals surface area contributed by atoms with Crippen LogP contribution in [0.1, 0.15) is 31.9 Å². The Kier molecular flexibility index (Phi) is 3.19. The molecule has 3 nitrogen and oxygen atoms in total. The van der Waals surface area contributed by atoms with E-state index in [0.29, 0.717) is 0 Å². The Morgan fingerprint density at radius 1 is 1.57 bits per heavy atom. The van der Waals surface area contributed by atoms with Crippen LogP contribution in [0.15, 0.2) is 12.5 Å². The van der Waals surface area contributed by atoms with Crippen molar-refractivity contribution in [2.24, 2.45) is 5.92 Å². The number of imidazole rings is 1. The van der Waals surface area contributed by atoms with E-state index in [0.717, 1.165) is 19.0 Å².